The molecule has 0 aliphatic carbocycles. The maximum atomic E-state index is 12.1. The van der Waals surface area contributed by atoms with Gasteiger partial charge in [-0.2, -0.15) is 5.26 Å². The van der Waals surface area contributed by atoms with Crippen LogP contribution in [0.1, 0.15) is 25.0 Å². The highest BCUT2D eigenvalue weighted by Crippen LogP contribution is 2.25. The van der Waals surface area contributed by atoms with Crippen LogP contribution in [0.3, 0.4) is 0 Å². The Kier molecular flexibility index (Phi) is 4.92. The van der Waals surface area contributed by atoms with E-state index in [9.17, 15) is 4.79 Å². The summed E-state index contributed by atoms with van der Waals surface area (Å²) in [6.45, 7) is 0. The number of esters is 1. The number of hydrogen-bond acceptors (Lipinski definition) is 5. The van der Waals surface area contributed by atoms with Crippen molar-refractivity contribution in [2.24, 2.45) is 5.73 Å². The number of aromatic nitrogens is 2. The minimum atomic E-state index is -1.34. The van der Waals surface area contributed by atoms with Gasteiger partial charge in [0, 0.05) is 18.3 Å². The van der Waals surface area contributed by atoms with Gasteiger partial charge >= 0.3 is 5.97 Å². The molecule has 0 radical (unpaired) electrons. The molecule has 1 aromatic carbocycles. The van der Waals surface area contributed by atoms with Gasteiger partial charge in [0.25, 0.3) is 0 Å². The Balaban J connectivity index is 2.31. The fraction of sp³-hybridized carbons (Fsp3) is 0.312. The van der Waals surface area contributed by atoms with Gasteiger partial charge in [-0.1, -0.05) is 18.2 Å². The average Bonchev–Trinajstić information content (AvgIpc) is 3.05. The van der Waals surface area contributed by atoms with E-state index in [0.29, 0.717) is 25.0 Å². The quantitative estimate of drug-likeness (QED) is 0.649. The van der Waals surface area contributed by atoms with Gasteiger partial charge in [-0.3, -0.25) is 0 Å². The van der Waals surface area contributed by atoms with E-state index in [-0.39, 0.29) is 0 Å². The molecule has 1 aromatic heterocycles. The Morgan fingerprint density at radius 1 is 1.45 bits per heavy atom. The minimum absolute atomic E-state index is 0.305. The number of unbranched alkanes of at least 4 members (excludes halogenated alkanes) is 1. The second-order valence-corrected chi connectivity index (χ2v) is 4.98. The average molecular weight is 298 g/mol. The van der Waals surface area contributed by atoms with Gasteiger partial charge in [-0.25, -0.2) is 9.78 Å². The van der Waals surface area contributed by atoms with Crippen LogP contribution in [-0.2, 0) is 15.1 Å². The first-order valence-electron chi connectivity index (χ1n) is 6.96. The standard InChI is InChI=1S/C16H18N4O2/c1-22-15(21)16(18,9-5-6-10-17)14-11-20(12-19-14)13-7-3-2-4-8-13/h2-4,7-8,11-12H,5-6,9,18H2,1H3/t16-/m0/s1. The van der Waals surface area contributed by atoms with Gasteiger partial charge in [0.2, 0.25) is 0 Å². The summed E-state index contributed by atoms with van der Waals surface area (Å²) in [6.07, 6.45) is 4.47. The summed E-state index contributed by atoms with van der Waals surface area (Å²) in [7, 11) is 1.29. The molecule has 1 atom stereocenters. The van der Waals surface area contributed by atoms with Crippen LogP contribution >= 0.6 is 0 Å². The van der Waals surface area contributed by atoms with Crippen molar-refractivity contribution in [3.63, 3.8) is 0 Å². The van der Waals surface area contributed by atoms with Crippen LogP contribution in [0.25, 0.3) is 5.69 Å². The van der Waals surface area contributed by atoms with Crippen molar-refractivity contribution in [1.29, 1.82) is 5.26 Å². The Hall–Kier alpha value is -2.65. The highest BCUT2D eigenvalue weighted by Gasteiger charge is 2.39. The van der Waals surface area contributed by atoms with Gasteiger partial charge in [-0.15, -0.1) is 0 Å². The number of rotatable bonds is 6. The summed E-state index contributed by atoms with van der Waals surface area (Å²) in [4.78, 5) is 16.4. The lowest BCUT2D eigenvalue weighted by molar-refractivity contribution is -0.148. The molecular formula is C16H18N4O2. The molecule has 0 fully saturated rings. The maximum absolute atomic E-state index is 12.1. The fourth-order valence-electron chi connectivity index (χ4n) is 2.26. The van der Waals surface area contributed by atoms with E-state index in [0.717, 1.165) is 5.69 Å². The van der Waals surface area contributed by atoms with E-state index in [4.69, 9.17) is 15.7 Å². The third-order valence-corrected chi connectivity index (χ3v) is 3.50. The number of para-hydroxylation sites is 1. The number of hydrogen-bond donors (Lipinski definition) is 1. The molecule has 2 rings (SSSR count). The van der Waals surface area contributed by atoms with E-state index in [2.05, 4.69) is 4.98 Å². The number of imidazole rings is 1. The first kappa shape index (κ1) is 15.7. The van der Waals surface area contributed by atoms with Crippen molar-refractivity contribution >= 4 is 5.97 Å². The molecule has 6 nitrogen and oxygen atoms in total. The Morgan fingerprint density at radius 3 is 2.82 bits per heavy atom. The van der Waals surface area contributed by atoms with Crippen LogP contribution in [0.15, 0.2) is 42.9 Å². The molecule has 0 unspecified atom stereocenters. The van der Waals surface area contributed by atoms with Crippen molar-refractivity contribution in [2.75, 3.05) is 7.11 Å². The van der Waals surface area contributed by atoms with Crippen molar-refractivity contribution in [1.82, 2.24) is 9.55 Å². The smallest absolute Gasteiger partial charge is 0.332 e. The number of carbonyl (C=O) groups is 1. The van der Waals surface area contributed by atoms with Crippen molar-refractivity contribution in [2.45, 2.75) is 24.8 Å². The van der Waals surface area contributed by atoms with E-state index in [1.165, 1.54) is 7.11 Å². The van der Waals surface area contributed by atoms with Gasteiger partial charge < -0.3 is 15.0 Å². The third-order valence-electron chi connectivity index (χ3n) is 3.50. The Labute approximate surface area is 129 Å². The van der Waals surface area contributed by atoms with Crippen LogP contribution in [0, 0.1) is 11.3 Å². The number of benzene rings is 1. The first-order chi connectivity index (χ1) is 10.6. The van der Waals surface area contributed by atoms with Gasteiger partial charge in [-0.05, 0) is 25.0 Å². The van der Waals surface area contributed by atoms with Crippen molar-refractivity contribution in [3.05, 3.63) is 48.5 Å². The number of methoxy groups -OCH3 is 1. The normalized spacial score (nSPS) is 13.1. The van der Waals surface area contributed by atoms with Crippen LogP contribution in [0.4, 0.5) is 0 Å². The Morgan fingerprint density at radius 2 is 2.18 bits per heavy atom. The fourth-order valence-corrected chi connectivity index (χ4v) is 2.26. The summed E-state index contributed by atoms with van der Waals surface area (Å²) in [5.74, 6) is -0.552. The predicted molar refractivity (Wildman–Crippen MR) is 80.9 cm³/mol. The number of nitrogens with zero attached hydrogens (tertiary/aromatic N) is 3. The molecule has 0 saturated carbocycles. The van der Waals surface area contributed by atoms with Gasteiger partial charge in [0.1, 0.15) is 0 Å². The zero-order valence-corrected chi connectivity index (χ0v) is 12.4. The lowest BCUT2D eigenvalue weighted by atomic mass is 9.90. The Bertz CT molecular complexity index is 675. The summed E-state index contributed by atoms with van der Waals surface area (Å²) >= 11 is 0. The van der Waals surface area contributed by atoms with E-state index in [1.807, 2.05) is 36.4 Å². The van der Waals surface area contributed by atoms with Crippen LogP contribution in [0.2, 0.25) is 0 Å². The largest absolute Gasteiger partial charge is 0.467 e. The molecule has 2 N–H and O–H groups in total. The molecule has 2 aromatic rings. The molecule has 0 spiro atoms. The van der Waals surface area contributed by atoms with Crippen LogP contribution < -0.4 is 5.73 Å². The molecule has 6 heteroatoms. The zero-order valence-electron chi connectivity index (χ0n) is 12.4. The molecule has 114 valence electrons. The molecule has 0 saturated heterocycles. The highest BCUT2D eigenvalue weighted by molar-refractivity contribution is 5.81. The molecule has 0 aliphatic rings. The minimum Gasteiger partial charge on any atom is -0.467 e. The monoisotopic (exact) mass is 298 g/mol. The van der Waals surface area contributed by atoms with Crippen LogP contribution in [-0.4, -0.2) is 22.6 Å². The second kappa shape index (κ2) is 6.87. The zero-order chi connectivity index (χ0) is 16.0. The lowest BCUT2D eigenvalue weighted by Gasteiger charge is -2.24. The lowest BCUT2D eigenvalue weighted by Crippen LogP contribution is -2.46. The first-order valence-corrected chi connectivity index (χ1v) is 6.96. The number of nitriles is 1. The second-order valence-electron chi connectivity index (χ2n) is 4.98. The summed E-state index contributed by atoms with van der Waals surface area (Å²) in [6, 6.07) is 11.7. The molecule has 1 heterocycles. The molecule has 0 aliphatic heterocycles. The van der Waals surface area contributed by atoms with E-state index >= 15 is 0 Å². The molecular weight excluding hydrogens is 280 g/mol. The summed E-state index contributed by atoms with van der Waals surface area (Å²) in [5, 5.41) is 8.66. The van der Waals surface area contributed by atoms with Crippen molar-refractivity contribution < 1.29 is 9.53 Å². The predicted octanol–water partition coefficient (Wildman–Crippen LogP) is 1.89. The van der Waals surface area contributed by atoms with E-state index in [1.54, 1.807) is 17.1 Å². The maximum Gasteiger partial charge on any atom is 0.332 e. The van der Waals surface area contributed by atoms with E-state index < -0.39 is 11.5 Å². The topological polar surface area (TPSA) is 93.9 Å². The summed E-state index contributed by atoms with van der Waals surface area (Å²) in [5.41, 5.74) is 6.26. The third kappa shape index (κ3) is 3.15. The molecule has 0 bridgehead atoms. The number of ether oxygens (including phenoxy) is 1. The van der Waals surface area contributed by atoms with Gasteiger partial charge in [0.05, 0.1) is 25.2 Å². The van der Waals surface area contributed by atoms with Crippen LogP contribution in [0.5, 0.6) is 0 Å². The van der Waals surface area contributed by atoms with Gasteiger partial charge in [0.15, 0.2) is 5.54 Å². The highest BCUT2D eigenvalue weighted by atomic mass is 16.5. The van der Waals surface area contributed by atoms with Crippen molar-refractivity contribution in [3.8, 4) is 11.8 Å². The SMILES string of the molecule is COC(=O)[C@](N)(CCCC#N)c1cn(-c2ccccc2)cn1. The summed E-state index contributed by atoms with van der Waals surface area (Å²) < 4.78 is 6.62. The number of nitrogens with two attached hydrogens (primary N) is 1. The number of carbonyl (C=O) groups excluding carboxylic acids is 1. The molecule has 0 amide bonds. The molecule has 22 heavy (non-hydrogen) atoms.